The van der Waals surface area contributed by atoms with Crippen molar-refractivity contribution < 1.29 is 9.15 Å². The Hall–Kier alpha value is -1.48. The zero-order valence-electron chi connectivity index (χ0n) is 11.5. The molecule has 1 aliphatic carbocycles. The van der Waals surface area contributed by atoms with Gasteiger partial charge in [0.25, 0.3) is 0 Å². The minimum atomic E-state index is -0.115. The van der Waals surface area contributed by atoms with Gasteiger partial charge in [-0.1, -0.05) is 12.1 Å². The van der Waals surface area contributed by atoms with E-state index in [1.54, 1.807) is 0 Å². The average molecular weight is 257 g/mol. The molecule has 1 fully saturated rings. The smallest absolute Gasteiger partial charge is 0.176 e. The van der Waals surface area contributed by atoms with Gasteiger partial charge in [-0.05, 0) is 26.7 Å². The summed E-state index contributed by atoms with van der Waals surface area (Å²) in [6.07, 6.45) is 5.44. The second-order valence-electron chi connectivity index (χ2n) is 6.39. The Bertz CT molecular complexity index is 637. The van der Waals surface area contributed by atoms with E-state index in [2.05, 4.69) is 31.3 Å². The van der Waals surface area contributed by atoms with Crippen LogP contribution in [0.2, 0.25) is 0 Å². The Balaban J connectivity index is 1.72. The molecule has 0 spiro atoms. The molecule has 100 valence electrons. The van der Waals surface area contributed by atoms with E-state index in [4.69, 9.17) is 9.15 Å². The van der Waals surface area contributed by atoms with Crippen molar-refractivity contribution >= 4 is 11.0 Å². The third-order valence-electron chi connectivity index (χ3n) is 4.01. The summed E-state index contributed by atoms with van der Waals surface area (Å²) in [5.74, 6) is 0.945. The molecule has 2 aromatic rings. The first kappa shape index (κ1) is 11.4. The van der Waals surface area contributed by atoms with Gasteiger partial charge in [0.05, 0.1) is 6.26 Å². The van der Waals surface area contributed by atoms with E-state index in [9.17, 15) is 0 Å². The van der Waals surface area contributed by atoms with Crippen molar-refractivity contribution in [3.05, 3.63) is 29.5 Å². The molecule has 3 nitrogen and oxygen atoms in total. The Kier molecular flexibility index (Phi) is 2.25. The molecule has 19 heavy (non-hydrogen) atoms. The highest BCUT2D eigenvalue weighted by Gasteiger charge is 2.32. The van der Waals surface area contributed by atoms with E-state index in [1.165, 1.54) is 29.4 Å². The van der Waals surface area contributed by atoms with Crippen LogP contribution < -0.4 is 10.1 Å². The third kappa shape index (κ3) is 1.93. The maximum Gasteiger partial charge on any atom is 0.176 e. The lowest BCUT2D eigenvalue weighted by Crippen LogP contribution is -2.24. The fourth-order valence-corrected chi connectivity index (χ4v) is 2.87. The lowest BCUT2D eigenvalue weighted by molar-refractivity contribution is 0.139. The number of rotatable bonds is 3. The molecular formula is C16H19NO2. The minimum absolute atomic E-state index is 0.115. The zero-order valence-corrected chi connectivity index (χ0v) is 11.5. The predicted molar refractivity (Wildman–Crippen MR) is 74.5 cm³/mol. The summed E-state index contributed by atoms with van der Waals surface area (Å²) in [5, 5.41) is 4.72. The van der Waals surface area contributed by atoms with Gasteiger partial charge in [-0.15, -0.1) is 0 Å². The first-order valence-corrected chi connectivity index (χ1v) is 7.07. The number of ether oxygens (including phenoxy) is 1. The van der Waals surface area contributed by atoms with Gasteiger partial charge < -0.3 is 14.5 Å². The number of furan rings is 1. The van der Waals surface area contributed by atoms with Crippen LogP contribution in [0.5, 0.6) is 5.75 Å². The highest BCUT2D eigenvalue weighted by Crippen LogP contribution is 2.41. The van der Waals surface area contributed by atoms with Crippen molar-refractivity contribution in [2.75, 3.05) is 0 Å². The maximum atomic E-state index is 6.04. The van der Waals surface area contributed by atoms with Gasteiger partial charge in [0.1, 0.15) is 5.60 Å². The van der Waals surface area contributed by atoms with Crippen LogP contribution >= 0.6 is 0 Å². The molecule has 1 saturated carbocycles. The predicted octanol–water partition coefficient (Wildman–Crippen LogP) is 3.40. The van der Waals surface area contributed by atoms with Gasteiger partial charge in [0, 0.05) is 35.5 Å². The third-order valence-corrected chi connectivity index (χ3v) is 4.01. The lowest BCUT2D eigenvalue weighted by Gasteiger charge is -2.16. The molecule has 1 aromatic carbocycles. The molecule has 0 bridgehead atoms. The summed E-state index contributed by atoms with van der Waals surface area (Å²) in [5.41, 5.74) is 3.29. The summed E-state index contributed by atoms with van der Waals surface area (Å²) < 4.78 is 11.8. The number of benzene rings is 1. The SMILES string of the molecule is CC1(C)Cc2ccc3c(CNC4CC4)coc3c2O1. The molecule has 0 amide bonds. The van der Waals surface area contributed by atoms with Crippen LogP contribution in [0.1, 0.15) is 37.8 Å². The fourth-order valence-electron chi connectivity index (χ4n) is 2.87. The monoisotopic (exact) mass is 257 g/mol. The van der Waals surface area contributed by atoms with Crippen LogP contribution in [0.15, 0.2) is 22.8 Å². The molecule has 3 heteroatoms. The normalized spacial score (nSPS) is 20.5. The molecule has 1 aliphatic heterocycles. The van der Waals surface area contributed by atoms with Crippen LogP contribution in [0.4, 0.5) is 0 Å². The summed E-state index contributed by atoms with van der Waals surface area (Å²) in [6, 6.07) is 5.07. The molecular weight excluding hydrogens is 238 g/mol. The molecule has 0 atom stereocenters. The van der Waals surface area contributed by atoms with Gasteiger partial charge in [-0.3, -0.25) is 0 Å². The summed E-state index contributed by atoms with van der Waals surface area (Å²) in [6.45, 7) is 5.13. The Morgan fingerprint density at radius 2 is 2.16 bits per heavy atom. The van der Waals surface area contributed by atoms with Crippen molar-refractivity contribution in [2.45, 2.75) is 51.3 Å². The van der Waals surface area contributed by atoms with E-state index < -0.39 is 0 Å². The van der Waals surface area contributed by atoms with Crippen LogP contribution in [0, 0.1) is 0 Å². The first-order valence-electron chi connectivity index (χ1n) is 7.07. The molecule has 4 rings (SSSR count). The molecule has 1 aromatic heterocycles. The molecule has 0 radical (unpaired) electrons. The topological polar surface area (TPSA) is 34.4 Å². The quantitative estimate of drug-likeness (QED) is 0.915. The van der Waals surface area contributed by atoms with Crippen LogP contribution in [0.25, 0.3) is 11.0 Å². The van der Waals surface area contributed by atoms with Crippen molar-refractivity contribution in [1.82, 2.24) is 5.32 Å². The molecule has 2 aliphatic rings. The second kappa shape index (κ2) is 3.76. The van der Waals surface area contributed by atoms with Crippen molar-refractivity contribution in [3.8, 4) is 5.75 Å². The highest BCUT2D eigenvalue weighted by atomic mass is 16.5. The van der Waals surface area contributed by atoms with Gasteiger partial charge in [0.15, 0.2) is 11.3 Å². The fraction of sp³-hybridized carbons (Fsp3) is 0.500. The van der Waals surface area contributed by atoms with Crippen LogP contribution in [-0.4, -0.2) is 11.6 Å². The second-order valence-corrected chi connectivity index (χ2v) is 6.39. The van der Waals surface area contributed by atoms with Crippen LogP contribution in [0.3, 0.4) is 0 Å². The first-order chi connectivity index (χ1) is 9.12. The van der Waals surface area contributed by atoms with Gasteiger partial charge in [-0.25, -0.2) is 0 Å². The molecule has 0 unspecified atom stereocenters. The summed E-state index contributed by atoms with van der Waals surface area (Å²) >= 11 is 0. The average Bonchev–Trinajstić information content (AvgIpc) is 2.99. The van der Waals surface area contributed by atoms with Crippen LogP contribution in [-0.2, 0) is 13.0 Å². The Morgan fingerprint density at radius 1 is 1.32 bits per heavy atom. The number of hydrogen-bond acceptors (Lipinski definition) is 3. The molecule has 0 saturated heterocycles. The van der Waals surface area contributed by atoms with Gasteiger partial charge in [-0.2, -0.15) is 0 Å². The van der Waals surface area contributed by atoms with Crippen molar-refractivity contribution in [1.29, 1.82) is 0 Å². The largest absolute Gasteiger partial charge is 0.483 e. The van der Waals surface area contributed by atoms with E-state index in [0.717, 1.165) is 30.3 Å². The van der Waals surface area contributed by atoms with E-state index in [1.807, 2.05) is 6.26 Å². The van der Waals surface area contributed by atoms with Crippen molar-refractivity contribution in [3.63, 3.8) is 0 Å². The Labute approximate surface area is 112 Å². The standard InChI is InChI=1S/C16H19NO2/c1-16(2)7-10-3-6-13-11(8-17-12-4-5-12)9-18-15(13)14(10)19-16/h3,6,9,12,17H,4-5,7-8H2,1-2H3. The number of nitrogens with one attached hydrogen (secondary N) is 1. The minimum Gasteiger partial charge on any atom is -0.483 e. The highest BCUT2D eigenvalue weighted by molar-refractivity contribution is 5.88. The molecule has 2 heterocycles. The maximum absolute atomic E-state index is 6.04. The Morgan fingerprint density at radius 3 is 2.95 bits per heavy atom. The molecule has 1 N–H and O–H groups in total. The number of fused-ring (bicyclic) bond motifs is 3. The number of hydrogen-bond donors (Lipinski definition) is 1. The zero-order chi connectivity index (χ0) is 13.0. The van der Waals surface area contributed by atoms with Crippen molar-refractivity contribution in [2.24, 2.45) is 0 Å². The lowest BCUT2D eigenvalue weighted by atomic mass is 10.0. The van der Waals surface area contributed by atoms with E-state index in [0.29, 0.717) is 0 Å². The van der Waals surface area contributed by atoms with Gasteiger partial charge in [0.2, 0.25) is 0 Å². The summed E-state index contributed by atoms with van der Waals surface area (Å²) in [4.78, 5) is 0. The van der Waals surface area contributed by atoms with Gasteiger partial charge >= 0.3 is 0 Å². The van der Waals surface area contributed by atoms with E-state index in [-0.39, 0.29) is 5.60 Å². The summed E-state index contributed by atoms with van der Waals surface area (Å²) in [7, 11) is 0. The van der Waals surface area contributed by atoms with E-state index >= 15 is 0 Å².